The largest absolute Gasteiger partial charge is 0.381 e. The van der Waals surface area contributed by atoms with Crippen LogP contribution in [0, 0.1) is 20.8 Å². The molecule has 0 aliphatic carbocycles. The maximum atomic E-state index is 5.63. The van der Waals surface area contributed by atoms with Crippen LogP contribution >= 0.6 is 0 Å². The third kappa shape index (κ3) is 5.15. The first-order chi connectivity index (χ1) is 15.1. The van der Waals surface area contributed by atoms with Crippen LogP contribution < -0.4 is 4.90 Å². The third-order valence-corrected chi connectivity index (χ3v) is 7.44. The number of nitrogens with zero attached hydrogens (tertiary/aromatic N) is 2. The second-order valence-corrected chi connectivity index (χ2v) is 9.54. The fourth-order valence-corrected chi connectivity index (χ4v) is 5.34. The van der Waals surface area contributed by atoms with Crippen LogP contribution in [0.4, 0.5) is 5.69 Å². The lowest BCUT2D eigenvalue weighted by Gasteiger charge is -2.37. The lowest BCUT2D eigenvalue weighted by atomic mass is 9.94. The molecule has 2 saturated heterocycles. The molecule has 2 fully saturated rings. The minimum absolute atomic E-state index is 0.584. The zero-order chi connectivity index (χ0) is 21.8. The van der Waals surface area contributed by atoms with Gasteiger partial charge in [-0.25, -0.2) is 0 Å². The smallest absolute Gasteiger partial charge is 0.0485 e. The zero-order valence-electron chi connectivity index (χ0n) is 20.0. The third-order valence-electron chi connectivity index (χ3n) is 7.44. The molecule has 4 rings (SSSR count). The van der Waals surface area contributed by atoms with Crippen molar-refractivity contribution in [3.63, 3.8) is 0 Å². The zero-order valence-corrected chi connectivity index (χ0v) is 20.0. The van der Waals surface area contributed by atoms with Gasteiger partial charge >= 0.3 is 0 Å². The van der Waals surface area contributed by atoms with Gasteiger partial charge in [-0.2, -0.15) is 0 Å². The van der Waals surface area contributed by atoms with Crippen LogP contribution in [0.25, 0.3) is 11.1 Å². The Labute approximate surface area is 189 Å². The Balaban J connectivity index is 1.61. The first-order valence-corrected chi connectivity index (χ1v) is 12.3. The van der Waals surface area contributed by atoms with E-state index in [1.165, 1.54) is 71.4 Å². The maximum Gasteiger partial charge on any atom is 0.0485 e. The van der Waals surface area contributed by atoms with E-state index < -0.39 is 0 Å². The predicted octanol–water partition coefficient (Wildman–Crippen LogP) is 6.27. The molecule has 0 amide bonds. The summed E-state index contributed by atoms with van der Waals surface area (Å²) < 4.78 is 5.63. The van der Waals surface area contributed by atoms with Gasteiger partial charge in [-0.3, -0.25) is 4.90 Å². The Morgan fingerprint density at radius 3 is 2.29 bits per heavy atom. The fraction of sp³-hybridized carbons (Fsp3) is 0.571. The number of hydrogen-bond acceptors (Lipinski definition) is 3. The van der Waals surface area contributed by atoms with Crippen molar-refractivity contribution in [1.29, 1.82) is 0 Å². The van der Waals surface area contributed by atoms with Gasteiger partial charge in [0.15, 0.2) is 0 Å². The molecule has 3 nitrogen and oxygen atoms in total. The summed E-state index contributed by atoms with van der Waals surface area (Å²) in [6.07, 6.45) is 6.35. The Bertz CT molecular complexity index is 879. The van der Waals surface area contributed by atoms with Crippen LogP contribution in [-0.4, -0.2) is 43.8 Å². The van der Waals surface area contributed by atoms with E-state index in [9.17, 15) is 0 Å². The number of aryl methyl sites for hydroxylation is 2. The van der Waals surface area contributed by atoms with Crippen LogP contribution in [0.3, 0.4) is 0 Å². The molecule has 2 aromatic rings. The first kappa shape index (κ1) is 22.4. The van der Waals surface area contributed by atoms with E-state index in [1.54, 1.807) is 0 Å². The van der Waals surface area contributed by atoms with Gasteiger partial charge in [-0.15, -0.1) is 0 Å². The van der Waals surface area contributed by atoms with E-state index in [0.717, 1.165) is 39.1 Å². The fourth-order valence-electron chi connectivity index (χ4n) is 5.34. The molecular formula is C28H40N2O. The Hall–Kier alpha value is -1.84. The molecule has 2 aromatic carbocycles. The molecule has 0 atom stereocenters. The van der Waals surface area contributed by atoms with E-state index in [0.29, 0.717) is 6.04 Å². The minimum Gasteiger partial charge on any atom is -0.381 e. The summed E-state index contributed by atoms with van der Waals surface area (Å²) in [5, 5.41) is 0. The summed E-state index contributed by atoms with van der Waals surface area (Å²) in [5.41, 5.74) is 9.78. The van der Waals surface area contributed by atoms with Gasteiger partial charge in [0.05, 0.1) is 0 Å². The van der Waals surface area contributed by atoms with Gasteiger partial charge in [-0.05, 0) is 106 Å². The number of likely N-dealkylation sites (tertiary alicyclic amines) is 1. The highest BCUT2D eigenvalue weighted by Crippen LogP contribution is 2.34. The summed E-state index contributed by atoms with van der Waals surface area (Å²) in [5.74, 6) is 0. The molecule has 0 spiro atoms. The van der Waals surface area contributed by atoms with Crippen molar-refractivity contribution in [1.82, 2.24) is 4.90 Å². The van der Waals surface area contributed by atoms with Gasteiger partial charge in [0.25, 0.3) is 0 Å². The summed E-state index contributed by atoms with van der Waals surface area (Å²) in [6, 6.07) is 12.5. The van der Waals surface area contributed by atoms with Crippen molar-refractivity contribution >= 4 is 5.69 Å². The molecule has 2 aliphatic heterocycles. The van der Waals surface area contributed by atoms with Gasteiger partial charge in [-0.1, -0.05) is 30.7 Å². The normalized spacial score (nSPS) is 18.3. The highest BCUT2D eigenvalue weighted by atomic mass is 16.5. The van der Waals surface area contributed by atoms with Crippen molar-refractivity contribution in [2.24, 2.45) is 0 Å². The van der Waals surface area contributed by atoms with Crippen LogP contribution in [0.1, 0.15) is 61.3 Å². The molecule has 0 bridgehead atoms. The van der Waals surface area contributed by atoms with Gasteiger partial charge in [0, 0.05) is 38.0 Å². The Morgan fingerprint density at radius 2 is 1.61 bits per heavy atom. The molecule has 0 aromatic heterocycles. The number of rotatable bonds is 6. The molecule has 2 heterocycles. The van der Waals surface area contributed by atoms with E-state index in [4.69, 9.17) is 4.74 Å². The molecule has 2 aliphatic rings. The summed E-state index contributed by atoms with van der Waals surface area (Å²) in [6.45, 7) is 15.5. The number of ether oxygens (including phenoxy) is 1. The standard InChI is InChI=1S/C28H40N2O/c1-5-30(27-11-15-31-16-12-27)28-19-26(17-21(2)23(28)4)24-9-10-25(22(3)18-24)20-29-13-7-6-8-14-29/h9-10,17-19,27H,5-8,11-16,20H2,1-4H3. The lowest BCUT2D eigenvalue weighted by molar-refractivity contribution is 0.0846. The summed E-state index contributed by atoms with van der Waals surface area (Å²) >= 11 is 0. The van der Waals surface area contributed by atoms with Crippen LogP contribution in [-0.2, 0) is 11.3 Å². The van der Waals surface area contributed by atoms with Crippen LogP contribution in [0.2, 0.25) is 0 Å². The van der Waals surface area contributed by atoms with Gasteiger partial charge < -0.3 is 9.64 Å². The molecule has 0 saturated carbocycles. The number of piperidine rings is 1. The number of benzene rings is 2. The van der Waals surface area contributed by atoms with Crippen molar-refractivity contribution < 1.29 is 4.74 Å². The minimum atomic E-state index is 0.584. The predicted molar refractivity (Wildman–Crippen MR) is 132 cm³/mol. The van der Waals surface area contributed by atoms with E-state index >= 15 is 0 Å². The number of hydrogen-bond donors (Lipinski definition) is 0. The van der Waals surface area contributed by atoms with Crippen LogP contribution in [0.15, 0.2) is 30.3 Å². The van der Waals surface area contributed by atoms with Crippen molar-refractivity contribution in [2.75, 3.05) is 37.7 Å². The topological polar surface area (TPSA) is 15.7 Å². The van der Waals surface area contributed by atoms with E-state index in [1.807, 2.05) is 0 Å². The number of anilines is 1. The Morgan fingerprint density at radius 1 is 0.903 bits per heavy atom. The quantitative estimate of drug-likeness (QED) is 0.548. The monoisotopic (exact) mass is 420 g/mol. The second-order valence-electron chi connectivity index (χ2n) is 9.54. The molecule has 168 valence electrons. The average Bonchev–Trinajstić information content (AvgIpc) is 2.80. The average molecular weight is 421 g/mol. The van der Waals surface area contributed by atoms with Crippen LogP contribution in [0.5, 0.6) is 0 Å². The molecule has 3 heteroatoms. The van der Waals surface area contributed by atoms with Gasteiger partial charge in [0.2, 0.25) is 0 Å². The van der Waals surface area contributed by atoms with E-state index in [2.05, 4.69) is 67.8 Å². The highest BCUT2D eigenvalue weighted by Gasteiger charge is 2.23. The van der Waals surface area contributed by atoms with Crippen molar-refractivity contribution in [3.8, 4) is 11.1 Å². The Kier molecular flexibility index (Phi) is 7.35. The second kappa shape index (κ2) is 10.2. The van der Waals surface area contributed by atoms with Crippen molar-refractivity contribution in [3.05, 3.63) is 52.6 Å². The molecule has 0 unspecified atom stereocenters. The molecule has 31 heavy (non-hydrogen) atoms. The summed E-state index contributed by atoms with van der Waals surface area (Å²) in [7, 11) is 0. The van der Waals surface area contributed by atoms with Gasteiger partial charge in [0.1, 0.15) is 0 Å². The first-order valence-electron chi connectivity index (χ1n) is 12.3. The lowest BCUT2D eigenvalue weighted by Crippen LogP contribution is -2.39. The van der Waals surface area contributed by atoms with E-state index in [-0.39, 0.29) is 0 Å². The summed E-state index contributed by atoms with van der Waals surface area (Å²) in [4.78, 5) is 5.23. The molecule has 0 N–H and O–H groups in total. The maximum absolute atomic E-state index is 5.63. The molecule has 0 radical (unpaired) electrons. The molecular weight excluding hydrogens is 380 g/mol. The SMILES string of the molecule is CCN(c1cc(-c2ccc(CN3CCCCC3)c(C)c2)cc(C)c1C)C1CCOCC1. The highest BCUT2D eigenvalue weighted by molar-refractivity contribution is 5.73. The van der Waals surface area contributed by atoms with Crippen molar-refractivity contribution in [2.45, 2.75) is 72.4 Å².